The third-order valence-corrected chi connectivity index (χ3v) is 3.41. The quantitative estimate of drug-likeness (QED) is 0.304. The van der Waals surface area contributed by atoms with Gasteiger partial charge >= 0.3 is 0 Å². The van der Waals surface area contributed by atoms with E-state index in [1.54, 1.807) is 0 Å². The zero-order valence-corrected chi connectivity index (χ0v) is 21.6. The van der Waals surface area contributed by atoms with Gasteiger partial charge in [0.15, 0.2) is 0 Å². The molecule has 0 aromatic rings. The minimum Gasteiger partial charge on any atom is -0.379 e. The Bertz CT molecular complexity index is 382. The molecular formula is C24H50N2O4. The van der Waals surface area contributed by atoms with Crippen molar-refractivity contribution < 1.29 is 19.1 Å². The summed E-state index contributed by atoms with van der Waals surface area (Å²) >= 11 is 0. The van der Waals surface area contributed by atoms with Gasteiger partial charge in [0.2, 0.25) is 0 Å². The van der Waals surface area contributed by atoms with Gasteiger partial charge in [-0.1, -0.05) is 69.2 Å². The molecule has 30 heavy (non-hydrogen) atoms. The van der Waals surface area contributed by atoms with Crippen molar-refractivity contribution in [2.75, 3.05) is 39.5 Å². The van der Waals surface area contributed by atoms with Crippen LogP contribution in [-0.2, 0) is 19.1 Å². The lowest BCUT2D eigenvalue weighted by Gasteiger charge is -2.15. The van der Waals surface area contributed by atoms with Crippen LogP contribution in [0.5, 0.6) is 0 Å². The Morgan fingerprint density at radius 1 is 0.633 bits per heavy atom. The number of hydrogen-bond acceptors (Lipinski definition) is 6. The fraction of sp³-hybridized carbons (Fsp3) is 0.833. The molecule has 0 aliphatic heterocycles. The molecule has 0 unspecified atom stereocenters. The minimum absolute atomic E-state index is 0.235. The number of aliphatic imine (C=N–C) groups is 2. The van der Waals surface area contributed by atoms with Crippen molar-refractivity contribution in [1.29, 1.82) is 0 Å². The van der Waals surface area contributed by atoms with E-state index in [1.807, 2.05) is 69.2 Å². The first-order valence-corrected chi connectivity index (χ1v) is 11.0. The first kappa shape index (κ1) is 36.0. The van der Waals surface area contributed by atoms with Gasteiger partial charge in [-0.3, -0.25) is 19.6 Å². The highest BCUT2D eigenvalue weighted by Crippen LogP contribution is 2.16. The van der Waals surface area contributed by atoms with Gasteiger partial charge in [0.25, 0.3) is 0 Å². The molecule has 0 aliphatic rings. The Balaban J connectivity index is -0.000000193. The van der Waals surface area contributed by atoms with Crippen LogP contribution in [0, 0.1) is 10.8 Å². The summed E-state index contributed by atoms with van der Waals surface area (Å²) < 4.78 is 10.4. The number of Topliss-reactive ketones (excluding diaryl/α,β-unsaturated/α-hetero) is 2. The van der Waals surface area contributed by atoms with E-state index in [4.69, 9.17) is 9.47 Å². The molecule has 0 radical (unpaired) electrons. The first-order chi connectivity index (χ1) is 14.0. The zero-order chi connectivity index (χ0) is 24.6. The maximum atomic E-state index is 11.4. The molecule has 0 aromatic heterocycles. The van der Waals surface area contributed by atoms with Gasteiger partial charge in [-0.25, -0.2) is 0 Å². The Labute approximate surface area is 186 Å². The summed E-state index contributed by atoms with van der Waals surface area (Å²) in [6.07, 6.45) is 0.973. The van der Waals surface area contributed by atoms with Crippen LogP contribution < -0.4 is 0 Å². The van der Waals surface area contributed by atoms with Gasteiger partial charge in [-0.05, 0) is 13.4 Å². The smallest absolute Gasteiger partial charge is 0.140 e. The molecule has 180 valence electrons. The average molecular weight is 431 g/mol. The molecular weight excluding hydrogens is 380 g/mol. The summed E-state index contributed by atoms with van der Waals surface area (Å²) in [7, 11) is 0. The van der Waals surface area contributed by atoms with Crippen molar-refractivity contribution in [3.05, 3.63) is 0 Å². The van der Waals surface area contributed by atoms with Gasteiger partial charge in [0, 0.05) is 23.7 Å². The maximum absolute atomic E-state index is 11.4. The molecule has 0 atom stereocenters. The molecule has 0 spiro atoms. The van der Waals surface area contributed by atoms with Crippen LogP contribution in [-0.4, -0.2) is 64.5 Å². The van der Waals surface area contributed by atoms with E-state index >= 15 is 0 Å². The molecule has 0 aliphatic carbocycles. The average Bonchev–Trinajstić information content (AvgIpc) is 2.69. The summed E-state index contributed by atoms with van der Waals surface area (Å²) in [4.78, 5) is 30.0. The van der Waals surface area contributed by atoms with Crippen molar-refractivity contribution in [3.8, 4) is 0 Å². The minimum atomic E-state index is -0.250. The molecule has 0 fully saturated rings. The Morgan fingerprint density at radius 2 is 0.900 bits per heavy atom. The highest BCUT2D eigenvalue weighted by Gasteiger charge is 2.20. The van der Waals surface area contributed by atoms with Crippen molar-refractivity contribution in [2.45, 2.75) is 82.1 Å². The molecule has 0 N–H and O–H groups in total. The standard InChI is InChI=1S/2C10H19NO2.2C2H6/c2*1-10(2,3)9(12)5-7-13-8-6-11-4;2*1-2/h2*4-8H2,1-3H3;2*1-2H3. The van der Waals surface area contributed by atoms with Crippen molar-refractivity contribution in [3.63, 3.8) is 0 Å². The number of ketones is 2. The largest absolute Gasteiger partial charge is 0.379 e. The van der Waals surface area contributed by atoms with E-state index in [9.17, 15) is 9.59 Å². The molecule has 0 heterocycles. The predicted octanol–water partition coefficient (Wildman–Crippen LogP) is 5.47. The van der Waals surface area contributed by atoms with E-state index in [0.717, 1.165) is 0 Å². The summed E-state index contributed by atoms with van der Waals surface area (Å²) in [6, 6.07) is 0. The lowest BCUT2D eigenvalue weighted by Crippen LogP contribution is -2.21. The molecule has 0 amide bonds. The Morgan fingerprint density at radius 3 is 1.10 bits per heavy atom. The van der Waals surface area contributed by atoms with Crippen molar-refractivity contribution >= 4 is 25.0 Å². The van der Waals surface area contributed by atoms with Gasteiger partial charge in [-0.15, -0.1) is 0 Å². The van der Waals surface area contributed by atoms with Gasteiger partial charge in [0.1, 0.15) is 11.6 Å². The van der Waals surface area contributed by atoms with Crippen LogP contribution in [0.1, 0.15) is 82.1 Å². The Kier molecular flexibility index (Phi) is 28.7. The molecule has 0 aromatic carbocycles. The molecule has 0 saturated heterocycles. The topological polar surface area (TPSA) is 77.3 Å². The van der Waals surface area contributed by atoms with Gasteiger partial charge in [0.05, 0.1) is 39.5 Å². The Hall–Kier alpha value is -1.40. The molecule has 0 rings (SSSR count). The fourth-order valence-corrected chi connectivity index (χ4v) is 1.54. The molecule has 6 heteroatoms. The van der Waals surface area contributed by atoms with Crippen LogP contribution in [0.2, 0.25) is 0 Å². The lowest BCUT2D eigenvalue weighted by molar-refractivity contribution is -0.128. The van der Waals surface area contributed by atoms with E-state index in [-0.39, 0.29) is 22.4 Å². The first-order valence-electron chi connectivity index (χ1n) is 11.0. The molecule has 0 bridgehead atoms. The SMILES string of the molecule is C=NCCOCCC(=O)C(C)(C)C.C=NCCOCCC(=O)C(C)(C)C.CC.CC. The van der Waals surface area contributed by atoms with E-state index < -0.39 is 0 Å². The van der Waals surface area contributed by atoms with Crippen LogP contribution in [0.15, 0.2) is 9.98 Å². The third kappa shape index (κ3) is 28.8. The second-order valence-corrected chi connectivity index (χ2v) is 7.97. The highest BCUT2D eigenvalue weighted by atomic mass is 16.5. The number of rotatable bonds is 12. The maximum Gasteiger partial charge on any atom is 0.140 e. The summed E-state index contributed by atoms with van der Waals surface area (Å²) in [6.45, 7) is 29.5. The second kappa shape index (κ2) is 23.9. The highest BCUT2D eigenvalue weighted by molar-refractivity contribution is 5.84. The van der Waals surface area contributed by atoms with Gasteiger partial charge in [-0.2, -0.15) is 0 Å². The van der Waals surface area contributed by atoms with Crippen molar-refractivity contribution in [2.24, 2.45) is 20.8 Å². The van der Waals surface area contributed by atoms with E-state index in [1.165, 1.54) is 0 Å². The summed E-state index contributed by atoms with van der Waals surface area (Å²) in [5.41, 5.74) is -0.500. The second-order valence-electron chi connectivity index (χ2n) is 7.97. The van der Waals surface area contributed by atoms with Crippen LogP contribution in [0.4, 0.5) is 0 Å². The number of carbonyl (C=O) groups is 2. The number of hydrogen-bond donors (Lipinski definition) is 0. The van der Waals surface area contributed by atoms with Crippen LogP contribution >= 0.6 is 0 Å². The monoisotopic (exact) mass is 430 g/mol. The van der Waals surface area contributed by atoms with Crippen LogP contribution in [0.3, 0.4) is 0 Å². The normalized spacial score (nSPS) is 10.2. The van der Waals surface area contributed by atoms with E-state index in [0.29, 0.717) is 52.4 Å². The molecule has 6 nitrogen and oxygen atoms in total. The fourth-order valence-electron chi connectivity index (χ4n) is 1.54. The summed E-state index contributed by atoms with van der Waals surface area (Å²) in [5.74, 6) is 0.470. The number of carbonyl (C=O) groups excluding carboxylic acids is 2. The third-order valence-electron chi connectivity index (χ3n) is 3.41. The molecule has 0 saturated carbocycles. The lowest BCUT2D eigenvalue weighted by atomic mass is 9.89. The predicted molar refractivity (Wildman–Crippen MR) is 131 cm³/mol. The summed E-state index contributed by atoms with van der Waals surface area (Å²) in [5, 5.41) is 0. The van der Waals surface area contributed by atoms with Crippen molar-refractivity contribution in [1.82, 2.24) is 0 Å². The van der Waals surface area contributed by atoms with E-state index in [2.05, 4.69) is 23.4 Å². The number of ether oxygens (including phenoxy) is 2. The zero-order valence-electron chi connectivity index (χ0n) is 21.6. The van der Waals surface area contributed by atoms with Crippen LogP contribution in [0.25, 0.3) is 0 Å². The van der Waals surface area contributed by atoms with Gasteiger partial charge < -0.3 is 9.47 Å². The number of nitrogens with zero attached hydrogens (tertiary/aromatic N) is 2.